The number of thiazole rings is 1. The van der Waals surface area contributed by atoms with E-state index in [4.69, 9.17) is 4.98 Å². The van der Waals surface area contributed by atoms with Gasteiger partial charge < -0.3 is 4.90 Å². The quantitative estimate of drug-likeness (QED) is 0.767. The Bertz CT molecular complexity index is 747. The van der Waals surface area contributed by atoms with Crippen molar-refractivity contribution in [2.75, 3.05) is 32.1 Å². The van der Waals surface area contributed by atoms with Gasteiger partial charge in [-0.2, -0.15) is 0 Å². The van der Waals surface area contributed by atoms with E-state index in [0.717, 1.165) is 43.0 Å². The maximum absolute atomic E-state index is 13.1. The minimum atomic E-state index is 0.189. The maximum atomic E-state index is 13.1. The molecule has 1 saturated carbocycles. The molecule has 0 saturated heterocycles. The fourth-order valence-electron chi connectivity index (χ4n) is 3.72. The summed E-state index contributed by atoms with van der Waals surface area (Å²) in [6, 6.07) is 4.32. The number of hydrogen-bond acceptors (Lipinski definition) is 4. The third-order valence-corrected chi connectivity index (χ3v) is 6.23. The minimum Gasteiger partial charge on any atom is -0.309 e. The average Bonchev–Trinajstić information content (AvgIpc) is 3.20. The lowest BCUT2D eigenvalue weighted by Gasteiger charge is -2.24. The summed E-state index contributed by atoms with van der Waals surface area (Å²) in [6.07, 6.45) is 5.40. The Hall–Kier alpha value is -1.46. The summed E-state index contributed by atoms with van der Waals surface area (Å²) in [7, 11) is 4.15. The van der Waals surface area contributed by atoms with Gasteiger partial charge >= 0.3 is 0 Å². The van der Waals surface area contributed by atoms with Gasteiger partial charge in [-0.3, -0.25) is 9.69 Å². The maximum Gasteiger partial charge on any atom is 0.231 e. The van der Waals surface area contributed by atoms with Crippen LogP contribution in [-0.4, -0.2) is 43.0 Å². The molecule has 4 nitrogen and oxygen atoms in total. The number of nitrogens with zero attached hydrogens (tertiary/aromatic N) is 3. The highest BCUT2D eigenvalue weighted by atomic mass is 32.1. The Balaban J connectivity index is 1.89. The number of carbonyl (C=O) groups excluding carboxylic acids is 1. The number of amides is 1. The Morgan fingerprint density at radius 3 is 2.60 bits per heavy atom. The van der Waals surface area contributed by atoms with Crippen LogP contribution < -0.4 is 4.90 Å². The van der Waals surface area contributed by atoms with Gasteiger partial charge in [-0.1, -0.05) is 30.2 Å². The Labute approximate surface area is 154 Å². The fourth-order valence-corrected chi connectivity index (χ4v) is 4.77. The lowest BCUT2D eigenvalue weighted by molar-refractivity contribution is -0.122. The largest absolute Gasteiger partial charge is 0.309 e. The third kappa shape index (κ3) is 4.21. The van der Waals surface area contributed by atoms with Crippen molar-refractivity contribution in [3.8, 4) is 0 Å². The zero-order valence-electron chi connectivity index (χ0n) is 15.8. The van der Waals surface area contributed by atoms with Crippen LogP contribution in [0.4, 0.5) is 5.13 Å². The second-order valence-electron chi connectivity index (χ2n) is 7.55. The summed E-state index contributed by atoms with van der Waals surface area (Å²) in [5.41, 5.74) is 3.50. The topological polar surface area (TPSA) is 36.4 Å². The highest BCUT2D eigenvalue weighted by molar-refractivity contribution is 7.22. The van der Waals surface area contributed by atoms with Gasteiger partial charge in [-0.05, 0) is 70.9 Å². The first-order valence-corrected chi connectivity index (χ1v) is 10.1. The normalized spacial score (nSPS) is 15.4. The molecule has 0 bridgehead atoms. The number of hydrogen-bond donors (Lipinski definition) is 0. The van der Waals surface area contributed by atoms with Crippen LogP contribution in [-0.2, 0) is 4.79 Å². The molecule has 0 atom stereocenters. The zero-order chi connectivity index (χ0) is 18.0. The van der Waals surface area contributed by atoms with Crippen LogP contribution in [0, 0.1) is 19.8 Å². The number of benzene rings is 1. The molecule has 0 spiro atoms. The molecular formula is C20H29N3OS. The summed E-state index contributed by atoms with van der Waals surface area (Å²) < 4.78 is 1.21. The van der Waals surface area contributed by atoms with Gasteiger partial charge in [-0.15, -0.1) is 0 Å². The number of fused-ring (bicyclic) bond motifs is 1. The summed E-state index contributed by atoms with van der Waals surface area (Å²) in [5, 5.41) is 0.874. The van der Waals surface area contributed by atoms with Crippen LogP contribution in [0.2, 0.25) is 0 Å². The molecule has 1 aliphatic rings. The van der Waals surface area contributed by atoms with Gasteiger partial charge in [0.15, 0.2) is 5.13 Å². The number of rotatable bonds is 6. The molecule has 136 valence electrons. The molecule has 1 heterocycles. The number of anilines is 1. The van der Waals surface area contributed by atoms with E-state index in [0.29, 0.717) is 0 Å². The Kier molecular flexibility index (Phi) is 5.74. The van der Waals surface area contributed by atoms with E-state index in [9.17, 15) is 4.79 Å². The van der Waals surface area contributed by atoms with Gasteiger partial charge in [0.25, 0.3) is 0 Å². The molecule has 1 aliphatic carbocycles. The average molecular weight is 360 g/mol. The molecule has 0 radical (unpaired) electrons. The Morgan fingerprint density at radius 1 is 1.20 bits per heavy atom. The standard InChI is InChI=1S/C20H29N3OS/c1-14-12-15(2)18-17(13-14)21-20(25-18)23(11-7-10-22(3)4)19(24)16-8-5-6-9-16/h12-13,16H,5-11H2,1-4H3. The van der Waals surface area contributed by atoms with E-state index in [1.165, 1.54) is 28.7 Å². The predicted molar refractivity (Wildman–Crippen MR) is 107 cm³/mol. The smallest absolute Gasteiger partial charge is 0.231 e. The lowest BCUT2D eigenvalue weighted by Crippen LogP contribution is -2.37. The van der Waals surface area contributed by atoms with Crippen molar-refractivity contribution in [2.45, 2.75) is 46.0 Å². The van der Waals surface area contributed by atoms with Crippen molar-refractivity contribution in [1.82, 2.24) is 9.88 Å². The van der Waals surface area contributed by atoms with Crippen LogP contribution in [0.25, 0.3) is 10.2 Å². The van der Waals surface area contributed by atoms with Crippen molar-refractivity contribution in [3.63, 3.8) is 0 Å². The molecule has 0 unspecified atom stereocenters. The minimum absolute atomic E-state index is 0.189. The summed E-state index contributed by atoms with van der Waals surface area (Å²) in [4.78, 5) is 22.1. The summed E-state index contributed by atoms with van der Waals surface area (Å²) in [5.74, 6) is 0.471. The first-order valence-electron chi connectivity index (χ1n) is 9.29. The molecule has 5 heteroatoms. The van der Waals surface area contributed by atoms with Crippen LogP contribution in [0.5, 0.6) is 0 Å². The number of carbonyl (C=O) groups is 1. The molecule has 25 heavy (non-hydrogen) atoms. The van der Waals surface area contributed by atoms with Gasteiger partial charge in [0.2, 0.25) is 5.91 Å². The summed E-state index contributed by atoms with van der Waals surface area (Å²) >= 11 is 1.67. The molecule has 1 aromatic carbocycles. The molecule has 1 fully saturated rings. The number of aryl methyl sites for hydroxylation is 2. The Morgan fingerprint density at radius 2 is 1.92 bits per heavy atom. The van der Waals surface area contributed by atoms with Gasteiger partial charge in [0, 0.05) is 12.5 Å². The van der Waals surface area contributed by atoms with E-state index in [2.05, 4.69) is 45.0 Å². The first kappa shape index (κ1) is 18.3. The van der Waals surface area contributed by atoms with Crippen LogP contribution in [0.3, 0.4) is 0 Å². The summed E-state index contributed by atoms with van der Waals surface area (Å²) in [6.45, 7) is 5.97. The van der Waals surface area contributed by atoms with Crippen LogP contribution >= 0.6 is 11.3 Å². The molecule has 1 aromatic heterocycles. The molecule has 1 amide bonds. The van der Waals surface area contributed by atoms with Crippen molar-refractivity contribution in [1.29, 1.82) is 0 Å². The third-order valence-electron chi connectivity index (χ3n) is 5.00. The molecule has 0 aliphatic heterocycles. The van der Waals surface area contributed by atoms with Gasteiger partial charge in [0.1, 0.15) is 0 Å². The molecule has 2 aromatic rings. The van der Waals surface area contributed by atoms with Crippen LogP contribution in [0.15, 0.2) is 12.1 Å². The van der Waals surface area contributed by atoms with Crippen molar-refractivity contribution in [3.05, 3.63) is 23.3 Å². The van der Waals surface area contributed by atoms with E-state index in [1.807, 2.05) is 4.90 Å². The molecular weight excluding hydrogens is 330 g/mol. The number of aromatic nitrogens is 1. The van der Waals surface area contributed by atoms with Crippen molar-refractivity contribution < 1.29 is 4.79 Å². The zero-order valence-corrected chi connectivity index (χ0v) is 16.7. The van der Waals surface area contributed by atoms with Gasteiger partial charge in [0.05, 0.1) is 10.2 Å². The van der Waals surface area contributed by atoms with Gasteiger partial charge in [-0.25, -0.2) is 4.98 Å². The van der Waals surface area contributed by atoms with E-state index in [-0.39, 0.29) is 11.8 Å². The van der Waals surface area contributed by atoms with Crippen molar-refractivity contribution in [2.24, 2.45) is 5.92 Å². The van der Waals surface area contributed by atoms with Crippen LogP contribution in [0.1, 0.15) is 43.2 Å². The SMILES string of the molecule is Cc1cc(C)c2sc(N(CCCN(C)C)C(=O)C3CCCC3)nc2c1. The van der Waals surface area contributed by atoms with E-state index < -0.39 is 0 Å². The lowest BCUT2D eigenvalue weighted by atomic mass is 10.1. The first-order chi connectivity index (χ1) is 12.0. The predicted octanol–water partition coefficient (Wildman–Crippen LogP) is 4.39. The molecule has 0 N–H and O–H groups in total. The second kappa shape index (κ2) is 7.83. The monoisotopic (exact) mass is 359 g/mol. The van der Waals surface area contributed by atoms with Crippen molar-refractivity contribution >= 4 is 32.6 Å². The fraction of sp³-hybridized carbons (Fsp3) is 0.600. The second-order valence-corrected chi connectivity index (χ2v) is 8.53. The van der Waals surface area contributed by atoms with E-state index in [1.54, 1.807) is 11.3 Å². The highest BCUT2D eigenvalue weighted by Crippen LogP contribution is 2.35. The van der Waals surface area contributed by atoms with E-state index >= 15 is 0 Å². The molecule has 3 rings (SSSR count). The highest BCUT2D eigenvalue weighted by Gasteiger charge is 2.29.